The molecule has 1 aliphatic rings. The van der Waals surface area contributed by atoms with Gasteiger partial charge in [-0.1, -0.05) is 18.5 Å². The monoisotopic (exact) mass is 309 g/mol. The van der Waals surface area contributed by atoms with E-state index in [9.17, 15) is 0 Å². The molecule has 1 atom stereocenters. The van der Waals surface area contributed by atoms with Gasteiger partial charge >= 0.3 is 0 Å². The minimum absolute atomic E-state index is 0. The van der Waals surface area contributed by atoms with Crippen LogP contribution in [0.25, 0.3) is 11.4 Å². The Hall–Kier alpha value is -1.59. The molecule has 114 valence electrons. The van der Waals surface area contributed by atoms with Gasteiger partial charge in [0.15, 0.2) is 0 Å². The molecule has 1 aromatic heterocycles. The van der Waals surface area contributed by atoms with Gasteiger partial charge < -0.3 is 15.0 Å². The van der Waals surface area contributed by atoms with Crippen LogP contribution in [0.5, 0.6) is 5.75 Å². The third-order valence-electron chi connectivity index (χ3n) is 3.63. The number of rotatable bonds is 4. The van der Waals surface area contributed by atoms with Gasteiger partial charge in [0.05, 0.1) is 12.1 Å². The van der Waals surface area contributed by atoms with Crippen LogP contribution in [0.4, 0.5) is 0 Å². The van der Waals surface area contributed by atoms with Crippen LogP contribution in [0, 0.1) is 0 Å². The van der Waals surface area contributed by atoms with Crippen LogP contribution in [0.15, 0.2) is 22.7 Å². The predicted octanol–water partition coefficient (Wildman–Crippen LogP) is 3.07. The summed E-state index contributed by atoms with van der Waals surface area (Å²) in [6.07, 6.45) is 2.71. The van der Waals surface area contributed by atoms with E-state index in [0.717, 1.165) is 37.2 Å². The summed E-state index contributed by atoms with van der Waals surface area (Å²) < 4.78 is 10.8. The van der Waals surface area contributed by atoms with Crippen molar-refractivity contribution >= 4 is 12.4 Å². The summed E-state index contributed by atoms with van der Waals surface area (Å²) in [4.78, 5) is 4.45. The second-order valence-electron chi connectivity index (χ2n) is 5.51. The molecule has 1 unspecified atom stereocenters. The highest BCUT2D eigenvalue weighted by atomic mass is 35.5. The van der Waals surface area contributed by atoms with Gasteiger partial charge in [0, 0.05) is 12.0 Å². The number of halogens is 1. The number of nitrogens with two attached hydrogens (primary N) is 1. The lowest BCUT2D eigenvalue weighted by atomic mass is 9.98. The number of nitrogens with zero attached hydrogens (tertiary/aromatic N) is 2. The van der Waals surface area contributed by atoms with E-state index in [-0.39, 0.29) is 12.4 Å². The molecule has 21 heavy (non-hydrogen) atoms. The number of fused-ring (bicyclic) bond motifs is 1. The first-order valence-electron chi connectivity index (χ1n) is 6.99. The highest BCUT2D eigenvalue weighted by molar-refractivity contribution is 5.85. The fraction of sp³-hybridized carbons (Fsp3) is 0.467. The highest BCUT2D eigenvalue weighted by Gasteiger charge is 2.27. The van der Waals surface area contributed by atoms with Crippen molar-refractivity contribution in [1.82, 2.24) is 10.1 Å². The Labute approximate surface area is 130 Å². The van der Waals surface area contributed by atoms with Crippen LogP contribution in [0.1, 0.15) is 38.1 Å². The molecule has 0 bridgehead atoms. The average molecular weight is 310 g/mol. The van der Waals surface area contributed by atoms with E-state index in [1.165, 1.54) is 5.56 Å². The summed E-state index contributed by atoms with van der Waals surface area (Å²) >= 11 is 0. The van der Waals surface area contributed by atoms with Gasteiger partial charge in [-0.25, -0.2) is 0 Å². The topological polar surface area (TPSA) is 74.2 Å². The lowest BCUT2D eigenvalue weighted by molar-refractivity contribution is 0.284. The lowest BCUT2D eigenvalue weighted by Gasteiger charge is -2.18. The summed E-state index contributed by atoms with van der Waals surface area (Å²) in [6, 6.07) is 5.97. The van der Waals surface area contributed by atoms with Crippen molar-refractivity contribution in [1.29, 1.82) is 0 Å². The molecule has 0 saturated heterocycles. The van der Waals surface area contributed by atoms with Crippen LogP contribution < -0.4 is 10.5 Å². The Morgan fingerprint density at radius 1 is 1.38 bits per heavy atom. The quantitative estimate of drug-likeness (QED) is 0.939. The zero-order valence-electron chi connectivity index (χ0n) is 12.3. The van der Waals surface area contributed by atoms with E-state index in [4.69, 9.17) is 15.0 Å². The number of hydrogen-bond donors (Lipinski definition) is 1. The van der Waals surface area contributed by atoms with Crippen LogP contribution in [-0.4, -0.2) is 16.7 Å². The number of benzene rings is 1. The summed E-state index contributed by atoms with van der Waals surface area (Å²) in [6.45, 7) is 4.75. The number of ether oxygens (including phenoxy) is 1. The van der Waals surface area contributed by atoms with E-state index in [1.807, 2.05) is 19.1 Å². The number of hydrogen-bond acceptors (Lipinski definition) is 5. The SMILES string of the molecule is CCCC(C)(N)c1nc(-c2ccc3c(c2)CCO3)no1.Cl. The van der Waals surface area contributed by atoms with Crippen molar-refractivity contribution in [3.63, 3.8) is 0 Å². The second-order valence-corrected chi connectivity index (χ2v) is 5.51. The fourth-order valence-corrected chi connectivity index (χ4v) is 2.52. The van der Waals surface area contributed by atoms with Crippen molar-refractivity contribution in [3.8, 4) is 17.1 Å². The Kier molecular flexibility index (Phi) is 4.54. The summed E-state index contributed by atoms with van der Waals surface area (Å²) in [5, 5.41) is 4.05. The maximum Gasteiger partial charge on any atom is 0.246 e. The molecule has 0 amide bonds. The van der Waals surface area contributed by atoms with Gasteiger partial charge in [0.2, 0.25) is 11.7 Å². The molecule has 0 aliphatic carbocycles. The minimum Gasteiger partial charge on any atom is -0.493 e. The minimum atomic E-state index is -0.570. The molecule has 2 N–H and O–H groups in total. The smallest absolute Gasteiger partial charge is 0.246 e. The summed E-state index contributed by atoms with van der Waals surface area (Å²) in [5.74, 6) is 2.03. The van der Waals surface area contributed by atoms with Crippen molar-refractivity contribution in [2.45, 2.75) is 38.6 Å². The Bertz CT molecular complexity index is 625. The van der Waals surface area contributed by atoms with Crippen molar-refractivity contribution in [3.05, 3.63) is 29.7 Å². The van der Waals surface area contributed by atoms with Crippen molar-refractivity contribution < 1.29 is 9.26 Å². The van der Waals surface area contributed by atoms with Gasteiger partial charge in [0.25, 0.3) is 0 Å². The molecule has 1 aromatic carbocycles. The molecule has 1 aliphatic heterocycles. The first-order chi connectivity index (χ1) is 9.60. The lowest BCUT2D eigenvalue weighted by Crippen LogP contribution is -2.33. The second kappa shape index (κ2) is 6.03. The van der Waals surface area contributed by atoms with Gasteiger partial charge in [-0.3, -0.25) is 0 Å². The standard InChI is InChI=1S/C15H19N3O2.ClH/c1-3-7-15(2,16)14-17-13(18-20-14)11-4-5-12-10(9-11)6-8-19-12;/h4-5,9H,3,6-8,16H2,1-2H3;1H. The molecule has 0 saturated carbocycles. The van der Waals surface area contributed by atoms with Crippen molar-refractivity contribution in [2.24, 2.45) is 5.73 Å². The first kappa shape index (κ1) is 15.8. The maximum absolute atomic E-state index is 6.21. The van der Waals surface area contributed by atoms with Crippen molar-refractivity contribution in [2.75, 3.05) is 6.61 Å². The zero-order valence-corrected chi connectivity index (χ0v) is 13.1. The van der Waals surface area contributed by atoms with E-state index < -0.39 is 5.54 Å². The third-order valence-corrected chi connectivity index (χ3v) is 3.63. The van der Waals surface area contributed by atoms with E-state index in [1.54, 1.807) is 0 Å². The van der Waals surface area contributed by atoms with Gasteiger partial charge in [-0.05, 0) is 37.1 Å². The van der Waals surface area contributed by atoms with Gasteiger partial charge in [0.1, 0.15) is 5.75 Å². The molecule has 3 rings (SSSR count). The Balaban J connectivity index is 0.00000161. The van der Waals surface area contributed by atoms with Crippen LogP contribution in [0.2, 0.25) is 0 Å². The molecule has 5 nitrogen and oxygen atoms in total. The largest absolute Gasteiger partial charge is 0.493 e. The van der Waals surface area contributed by atoms with Gasteiger partial charge in [-0.2, -0.15) is 4.98 Å². The van der Waals surface area contributed by atoms with Crippen LogP contribution >= 0.6 is 12.4 Å². The molecule has 0 radical (unpaired) electrons. The van der Waals surface area contributed by atoms with Crippen LogP contribution in [0.3, 0.4) is 0 Å². The maximum atomic E-state index is 6.21. The fourth-order valence-electron chi connectivity index (χ4n) is 2.52. The van der Waals surface area contributed by atoms with E-state index in [0.29, 0.717) is 11.7 Å². The first-order valence-corrected chi connectivity index (χ1v) is 6.99. The Morgan fingerprint density at radius 3 is 2.95 bits per heavy atom. The summed E-state index contributed by atoms with van der Waals surface area (Å²) in [5.41, 5.74) is 7.78. The molecular weight excluding hydrogens is 290 g/mol. The highest BCUT2D eigenvalue weighted by Crippen LogP contribution is 2.30. The molecule has 6 heteroatoms. The zero-order chi connectivity index (χ0) is 14.2. The third kappa shape index (κ3) is 3.04. The van der Waals surface area contributed by atoms with E-state index in [2.05, 4.69) is 23.1 Å². The molecule has 2 heterocycles. The molecule has 0 spiro atoms. The number of aromatic nitrogens is 2. The summed E-state index contributed by atoms with van der Waals surface area (Å²) in [7, 11) is 0. The Morgan fingerprint density at radius 2 is 2.19 bits per heavy atom. The molecule has 0 fully saturated rings. The predicted molar refractivity (Wildman–Crippen MR) is 82.6 cm³/mol. The van der Waals surface area contributed by atoms with Gasteiger partial charge in [-0.15, -0.1) is 12.4 Å². The molecular formula is C15H20ClN3O2. The van der Waals surface area contributed by atoms with Crippen LogP contribution in [-0.2, 0) is 12.0 Å². The van der Waals surface area contributed by atoms with E-state index >= 15 is 0 Å². The molecule has 2 aromatic rings. The average Bonchev–Trinajstić information content (AvgIpc) is 3.07. The normalized spacial score (nSPS) is 15.8.